The van der Waals surface area contributed by atoms with Crippen molar-refractivity contribution in [3.63, 3.8) is 0 Å². The van der Waals surface area contributed by atoms with Gasteiger partial charge in [0.05, 0.1) is 11.1 Å². The Morgan fingerprint density at radius 2 is 1.88 bits per heavy atom. The lowest BCUT2D eigenvalue weighted by Crippen LogP contribution is -2.10. The van der Waals surface area contributed by atoms with Crippen molar-refractivity contribution in [2.75, 3.05) is 0 Å². The van der Waals surface area contributed by atoms with Gasteiger partial charge in [0, 0.05) is 0 Å². The number of benzene rings is 1. The molecule has 0 fully saturated rings. The Morgan fingerprint density at radius 3 is 2.29 bits per heavy atom. The molecule has 0 unspecified atom stereocenters. The molecule has 0 saturated carbocycles. The van der Waals surface area contributed by atoms with Crippen LogP contribution >= 0.6 is 0 Å². The molecule has 2 nitrogen and oxygen atoms in total. The molecule has 7 heteroatoms. The Morgan fingerprint density at radius 1 is 1.29 bits per heavy atom. The highest BCUT2D eigenvalue weighted by molar-refractivity contribution is 5.96. The van der Waals surface area contributed by atoms with Gasteiger partial charge in [0.25, 0.3) is 0 Å². The first-order valence-corrected chi connectivity index (χ1v) is 4.39. The normalized spacial score (nSPS) is 11.7. The van der Waals surface area contributed by atoms with Crippen molar-refractivity contribution in [2.24, 2.45) is 0 Å². The molecular weight excluding hydrogens is 247 g/mol. The summed E-state index contributed by atoms with van der Waals surface area (Å²) in [5.41, 5.74) is -1.48. The fourth-order valence-corrected chi connectivity index (χ4v) is 1.18. The number of carbonyl (C=O) groups excluding carboxylic acids is 1. The van der Waals surface area contributed by atoms with E-state index in [4.69, 9.17) is 0 Å². The van der Waals surface area contributed by atoms with Crippen LogP contribution in [0.3, 0.4) is 0 Å². The first-order valence-electron chi connectivity index (χ1n) is 4.39. The molecule has 0 heterocycles. The SMILES string of the molecule is CC(=O)c1ccc(C(F)(F)F)cc1OC(F)F. The Kier molecular flexibility index (Phi) is 3.69. The summed E-state index contributed by atoms with van der Waals surface area (Å²) in [6.07, 6.45) is -4.68. The quantitative estimate of drug-likeness (QED) is 0.609. The predicted octanol–water partition coefficient (Wildman–Crippen LogP) is 3.51. The van der Waals surface area contributed by atoms with Crippen LogP contribution in [0.2, 0.25) is 0 Å². The van der Waals surface area contributed by atoms with E-state index in [9.17, 15) is 26.7 Å². The van der Waals surface area contributed by atoms with Gasteiger partial charge in [-0.15, -0.1) is 0 Å². The molecule has 17 heavy (non-hydrogen) atoms. The van der Waals surface area contributed by atoms with E-state index in [1.807, 2.05) is 0 Å². The molecule has 0 aromatic heterocycles. The molecule has 0 bridgehead atoms. The van der Waals surface area contributed by atoms with Crippen LogP contribution in [0.1, 0.15) is 22.8 Å². The monoisotopic (exact) mass is 254 g/mol. The second-order valence-electron chi connectivity index (χ2n) is 3.14. The van der Waals surface area contributed by atoms with Crippen LogP contribution in [0, 0.1) is 0 Å². The van der Waals surface area contributed by atoms with Gasteiger partial charge >= 0.3 is 12.8 Å². The minimum absolute atomic E-state index is 0.321. The molecule has 0 aliphatic carbocycles. The van der Waals surface area contributed by atoms with Crippen molar-refractivity contribution in [1.29, 1.82) is 0 Å². The number of hydrogen-bond acceptors (Lipinski definition) is 2. The van der Waals surface area contributed by atoms with Crippen LogP contribution in [0.5, 0.6) is 5.75 Å². The first kappa shape index (κ1) is 13.4. The van der Waals surface area contributed by atoms with E-state index >= 15 is 0 Å². The van der Waals surface area contributed by atoms with Crippen molar-refractivity contribution in [2.45, 2.75) is 19.7 Å². The Balaban J connectivity index is 3.24. The number of hydrogen-bond donors (Lipinski definition) is 0. The van der Waals surface area contributed by atoms with Gasteiger partial charge in [-0.05, 0) is 25.1 Å². The van der Waals surface area contributed by atoms with Gasteiger partial charge in [-0.2, -0.15) is 22.0 Å². The maximum absolute atomic E-state index is 12.3. The highest BCUT2D eigenvalue weighted by atomic mass is 19.4. The van der Waals surface area contributed by atoms with E-state index in [1.54, 1.807) is 0 Å². The third-order valence-electron chi connectivity index (χ3n) is 1.90. The Hall–Kier alpha value is -1.66. The molecule has 0 saturated heterocycles. The van der Waals surface area contributed by atoms with Gasteiger partial charge in [0.15, 0.2) is 5.78 Å². The second kappa shape index (κ2) is 4.68. The van der Waals surface area contributed by atoms with Gasteiger partial charge < -0.3 is 4.74 Å². The average Bonchev–Trinajstić information content (AvgIpc) is 2.14. The van der Waals surface area contributed by atoms with Crippen LogP contribution in [-0.2, 0) is 6.18 Å². The van der Waals surface area contributed by atoms with Crippen LogP contribution in [-0.4, -0.2) is 12.4 Å². The van der Waals surface area contributed by atoms with E-state index in [1.165, 1.54) is 0 Å². The summed E-state index contributed by atoms with van der Waals surface area (Å²) >= 11 is 0. The van der Waals surface area contributed by atoms with Gasteiger partial charge in [0.1, 0.15) is 5.75 Å². The molecule has 0 radical (unpaired) electrons. The summed E-state index contributed by atoms with van der Waals surface area (Å²) in [6, 6.07) is 1.82. The van der Waals surface area contributed by atoms with E-state index in [0.29, 0.717) is 12.1 Å². The third kappa shape index (κ3) is 3.40. The van der Waals surface area contributed by atoms with Gasteiger partial charge in [0.2, 0.25) is 0 Å². The fraction of sp³-hybridized carbons (Fsp3) is 0.300. The third-order valence-corrected chi connectivity index (χ3v) is 1.90. The molecule has 0 spiro atoms. The molecular formula is C10H7F5O2. The summed E-state index contributed by atoms with van der Waals surface area (Å²) in [7, 11) is 0. The molecule has 94 valence electrons. The minimum atomic E-state index is -4.68. The number of carbonyl (C=O) groups is 1. The van der Waals surface area contributed by atoms with Crippen LogP contribution in [0.25, 0.3) is 0 Å². The Bertz CT molecular complexity index is 425. The smallest absolute Gasteiger partial charge is 0.416 e. The number of alkyl halides is 5. The molecule has 1 aromatic rings. The zero-order valence-corrected chi connectivity index (χ0v) is 8.52. The number of halogens is 5. The number of rotatable bonds is 3. The highest BCUT2D eigenvalue weighted by Gasteiger charge is 2.32. The molecule has 0 amide bonds. The molecule has 1 rings (SSSR count). The lowest BCUT2D eigenvalue weighted by molar-refractivity contribution is -0.138. The van der Waals surface area contributed by atoms with Gasteiger partial charge in [-0.3, -0.25) is 4.79 Å². The second-order valence-corrected chi connectivity index (χ2v) is 3.14. The van der Waals surface area contributed by atoms with E-state index in [-0.39, 0.29) is 5.56 Å². The van der Waals surface area contributed by atoms with E-state index < -0.39 is 29.9 Å². The van der Waals surface area contributed by atoms with Crippen molar-refractivity contribution in [3.05, 3.63) is 29.3 Å². The number of ketones is 1. The molecule has 1 aromatic carbocycles. The lowest BCUT2D eigenvalue weighted by atomic mass is 10.1. The van der Waals surface area contributed by atoms with Gasteiger partial charge in [-0.1, -0.05) is 0 Å². The number of ether oxygens (including phenoxy) is 1. The van der Waals surface area contributed by atoms with Crippen molar-refractivity contribution in [3.8, 4) is 5.75 Å². The Labute approximate surface area is 93.0 Å². The first-order chi connectivity index (χ1) is 7.71. The van der Waals surface area contributed by atoms with Crippen molar-refractivity contribution < 1.29 is 31.5 Å². The zero-order valence-electron chi connectivity index (χ0n) is 8.52. The van der Waals surface area contributed by atoms with Crippen molar-refractivity contribution in [1.82, 2.24) is 0 Å². The average molecular weight is 254 g/mol. The minimum Gasteiger partial charge on any atom is -0.434 e. The summed E-state index contributed by atoms with van der Waals surface area (Å²) < 4.78 is 64.8. The van der Waals surface area contributed by atoms with Crippen LogP contribution in [0.4, 0.5) is 22.0 Å². The standard InChI is InChI=1S/C10H7F5O2/c1-5(16)7-3-2-6(10(13,14)15)4-8(7)17-9(11)12/h2-4,9H,1H3. The van der Waals surface area contributed by atoms with Crippen molar-refractivity contribution >= 4 is 5.78 Å². The van der Waals surface area contributed by atoms with Gasteiger partial charge in [-0.25, -0.2) is 0 Å². The lowest BCUT2D eigenvalue weighted by Gasteiger charge is -2.12. The summed E-state index contributed by atoms with van der Waals surface area (Å²) in [6.45, 7) is -2.25. The molecule has 0 aliphatic rings. The predicted molar refractivity (Wildman–Crippen MR) is 48.1 cm³/mol. The van der Waals surface area contributed by atoms with Crippen LogP contribution < -0.4 is 4.74 Å². The van der Waals surface area contributed by atoms with Crippen LogP contribution in [0.15, 0.2) is 18.2 Å². The zero-order chi connectivity index (χ0) is 13.2. The topological polar surface area (TPSA) is 26.3 Å². The maximum Gasteiger partial charge on any atom is 0.416 e. The fourth-order valence-electron chi connectivity index (χ4n) is 1.18. The summed E-state index contributed by atoms with van der Waals surface area (Å²) in [4.78, 5) is 11.0. The summed E-state index contributed by atoms with van der Waals surface area (Å²) in [5.74, 6) is -1.43. The van der Waals surface area contributed by atoms with E-state index in [0.717, 1.165) is 13.0 Å². The number of Topliss-reactive ketones (excluding diaryl/α,β-unsaturated/α-hetero) is 1. The largest absolute Gasteiger partial charge is 0.434 e. The van der Waals surface area contributed by atoms with E-state index in [2.05, 4.69) is 4.74 Å². The maximum atomic E-state index is 12.3. The molecule has 0 atom stereocenters. The molecule has 0 N–H and O–H groups in total. The highest BCUT2D eigenvalue weighted by Crippen LogP contribution is 2.33. The summed E-state index contributed by atoms with van der Waals surface area (Å²) in [5, 5.41) is 0. The molecule has 0 aliphatic heterocycles.